The Balaban J connectivity index is 1.77. The van der Waals surface area contributed by atoms with E-state index in [1.165, 1.54) is 0 Å². The maximum Gasteiger partial charge on any atom is 0.229 e. The maximum absolute atomic E-state index is 12.0. The number of carbonyl (C=O) groups excluding carboxylic acids is 1. The summed E-state index contributed by atoms with van der Waals surface area (Å²) in [6, 6.07) is 7.33. The van der Waals surface area contributed by atoms with Crippen molar-refractivity contribution in [1.29, 1.82) is 0 Å². The monoisotopic (exact) mass is 556 g/mol. The van der Waals surface area contributed by atoms with Crippen molar-refractivity contribution in [2.75, 3.05) is 87.7 Å². The molecular weight excluding hydrogens is 523 g/mol. The van der Waals surface area contributed by atoms with Crippen molar-refractivity contribution >= 4 is 58.3 Å². The molecule has 1 aromatic heterocycles. The molecule has 2 heterocycles. The highest BCUT2D eigenvalue weighted by atomic mass is 35.5. The minimum absolute atomic E-state index is 0.258. The Bertz CT molecular complexity index is 1010. The molecule has 9 nitrogen and oxygen atoms in total. The Morgan fingerprint density at radius 3 is 2.53 bits per heavy atom. The number of piperazine rings is 1. The summed E-state index contributed by atoms with van der Waals surface area (Å²) in [7, 11) is 5.16. The number of rotatable bonds is 13. The van der Waals surface area contributed by atoms with Crippen LogP contribution < -0.4 is 15.1 Å². The maximum atomic E-state index is 12.0. The van der Waals surface area contributed by atoms with Crippen LogP contribution in [-0.4, -0.2) is 99.5 Å². The first-order chi connectivity index (χ1) is 17.3. The molecule has 0 spiro atoms. The van der Waals surface area contributed by atoms with E-state index < -0.39 is 0 Å². The molecule has 1 fully saturated rings. The molecule has 0 unspecified atom stereocenters. The van der Waals surface area contributed by atoms with Crippen LogP contribution in [0.5, 0.6) is 0 Å². The lowest BCUT2D eigenvalue weighted by atomic mass is 10.2. The number of methoxy groups -OCH3 is 2. The minimum Gasteiger partial charge on any atom is -0.366 e. The number of aromatic nitrogens is 2. The Labute approximate surface area is 227 Å². The van der Waals surface area contributed by atoms with Crippen molar-refractivity contribution in [3.63, 3.8) is 0 Å². The van der Waals surface area contributed by atoms with E-state index in [4.69, 9.17) is 42.6 Å². The van der Waals surface area contributed by atoms with Gasteiger partial charge in [-0.15, -0.1) is 0 Å². The summed E-state index contributed by atoms with van der Waals surface area (Å²) in [5.41, 5.74) is 0.915. The van der Waals surface area contributed by atoms with Gasteiger partial charge in [-0.05, 0) is 24.0 Å². The number of nitrogens with zero attached hydrogens (tertiary/aromatic N) is 5. The molecule has 1 aliphatic rings. The van der Waals surface area contributed by atoms with Gasteiger partial charge in [0.25, 0.3) is 0 Å². The van der Waals surface area contributed by atoms with Crippen molar-refractivity contribution in [3.8, 4) is 0 Å². The van der Waals surface area contributed by atoms with E-state index >= 15 is 0 Å². The van der Waals surface area contributed by atoms with E-state index in [0.717, 1.165) is 37.6 Å². The van der Waals surface area contributed by atoms with Gasteiger partial charge in [0.15, 0.2) is 12.1 Å². The number of halogens is 2. The third-order valence-electron chi connectivity index (χ3n) is 5.88. The molecule has 0 amide bonds. The van der Waals surface area contributed by atoms with E-state index in [1.807, 2.05) is 36.4 Å². The number of anilines is 3. The Hall–Kier alpha value is -1.82. The topological polar surface area (TPSA) is 83.1 Å². The molecule has 0 bridgehead atoms. The fourth-order valence-electron chi connectivity index (χ4n) is 3.82. The van der Waals surface area contributed by atoms with Gasteiger partial charge in [-0.3, -0.25) is 9.69 Å². The molecule has 0 radical (unpaired) electrons. The highest BCUT2D eigenvalue weighted by Gasteiger charge is 2.22. The van der Waals surface area contributed by atoms with Crippen LogP contribution in [0.1, 0.15) is 5.56 Å². The fraction of sp³-hybridized carbons (Fsp3) is 0.542. The first kappa shape index (κ1) is 28.7. The lowest BCUT2D eigenvalue weighted by Gasteiger charge is -2.35. The highest BCUT2D eigenvalue weighted by molar-refractivity contribution is 7.99. The SMILES string of the molecule is COC(CN(C)c1cc(NCc2ccc(Cl)cc2Cl)nc(N2CCN(CC(=O)CSC)CC2)n1)OC. The quantitative estimate of drug-likeness (QED) is 0.370. The molecular formula is C24H34Cl2N6O3S. The number of hydrogen-bond donors (Lipinski definition) is 1. The van der Waals surface area contributed by atoms with Gasteiger partial charge in [0.1, 0.15) is 11.6 Å². The van der Waals surface area contributed by atoms with Gasteiger partial charge in [-0.2, -0.15) is 21.7 Å². The summed E-state index contributed by atoms with van der Waals surface area (Å²) in [4.78, 5) is 28.0. The predicted molar refractivity (Wildman–Crippen MR) is 149 cm³/mol. The second-order valence-electron chi connectivity index (χ2n) is 8.52. The number of ether oxygens (including phenoxy) is 2. The lowest BCUT2D eigenvalue weighted by molar-refractivity contribution is -0.117. The number of ketones is 1. The van der Waals surface area contributed by atoms with E-state index in [2.05, 4.69) is 15.1 Å². The third-order valence-corrected chi connectivity index (χ3v) is 7.07. The van der Waals surface area contributed by atoms with Gasteiger partial charge in [0, 0.05) is 70.1 Å². The van der Waals surface area contributed by atoms with Crippen LogP contribution in [0.3, 0.4) is 0 Å². The van der Waals surface area contributed by atoms with Gasteiger partial charge >= 0.3 is 0 Å². The summed E-state index contributed by atoms with van der Waals surface area (Å²) < 4.78 is 10.7. The summed E-state index contributed by atoms with van der Waals surface area (Å²) in [6.07, 6.45) is 1.56. The largest absolute Gasteiger partial charge is 0.366 e. The zero-order chi connectivity index (χ0) is 26.1. The summed E-state index contributed by atoms with van der Waals surface area (Å²) in [5, 5.41) is 4.56. The van der Waals surface area contributed by atoms with E-state index in [-0.39, 0.29) is 12.1 Å². The van der Waals surface area contributed by atoms with Gasteiger partial charge in [0.05, 0.1) is 18.8 Å². The number of Topliss-reactive ketones (excluding diaryl/α,β-unsaturated/α-hetero) is 1. The second kappa shape index (κ2) is 14.2. The molecule has 12 heteroatoms. The van der Waals surface area contributed by atoms with E-state index in [0.29, 0.717) is 47.2 Å². The van der Waals surface area contributed by atoms with Crippen LogP contribution >= 0.6 is 35.0 Å². The van der Waals surface area contributed by atoms with Crippen molar-refractivity contribution in [2.24, 2.45) is 0 Å². The second-order valence-corrected chi connectivity index (χ2v) is 10.2. The molecule has 2 aromatic rings. The normalized spacial score (nSPS) is 14.4. The van der Waals surface area contributed by atoms with Crippen LogP contribution in [-0.2, 0) is 20.8 Å². The number of hydrogen-bond acceptors (Lipinski definition) is 10. The van der Waals surface area contributed by atoms with Crippen LogP contribution in [0.25, 0.3) is 0 Å². The molecule has 1 aliphatic heterocycles. The first-order valence-corrected chi connectivity index (χ1v) is 13.8. The molecule has 36 heavy (non-hydrogen) atoms. The molecule has 1 aromatic carbocycles. The molecule has 0 aliphatic carbocycles. The van der Waals surface area contributed by atoms with Crippen molar-refractivity contribution in [2.45, 2.75) is 12.8 Å². The molecule has 198 valence electrons. The fourth-order valence-corrected chi connectivity index (χ4v) is 4.71. The zero-order valence-corrected chi connectivity index (χ0v) is 23.5. The predicted octanol–water partition coefficient (Wildman–Crippen LogP) is 3.50. The number of thioether (sulfide) groups is 1. The summed E-state index contributed by atoms with van der Waals surface area (Å²) >= 11 is 14.0. The number of benzene rings is 1. The average molecular weight is 558 g/mol. The smallest absolute Gasteiger partial charge is 0.229 e. The summed E-state index contributed by atoms with van der Waals surface area (Å²) in [6.45, 7) is 4.51. The van der Waals surface area contributed by atoms with Crippen molar-refractivity contribution in [1.82, 2.24) is 14.9 Å². The van der Waals surface area contributed by atoms with Crippen LogP contribution in [0.15, 0.2) is 24.3 Å². The number of carbonyl (C=O) groups is 1. The van der Waals surface area contributed by atoms with Gasteiger partial charge in [-0.1, -0.05) is 29.3 Å². The molecule has 1 N–H and O–H groups in total. The Morgan fingerprint density at radius 2 is 1.89 bits per heavy atom. The first-order valence-electron chi connectivity index (χ1n) is 11.6. The van der Waals surface area contributed by atoms with E-state index in [1.54, 1.807) is 32.0 Å². The van der Waals surface area contributed by atoms with Crippen LogP contribution in [0.2, 0.25) is 10.0 Å². The third kappa shape index (κ3) is 8.36. The number of likely N-dealkylation sites (N-methyl/N-ethyl adjacent to an activating group) is 1. The van der Waals surface area contributed by atoms with Gasteiger partial charge < -0.3 is 24.6 Å². The van der Waals surface area contributed by atoms with Crippen molar-refractivity contribution < 1.29 is 14.3 Å². The standard InChI is InChI=1S/C24H34Cl2N6O3S/c1-30(15-23(34-2)35-3)22-12-21(27-13-17-5-6-18(25)11-20(17)26)28-24(29-22)32-9-7-31(8-10-32)14-19(33)16-36-4/h5-6,11-12,23H,7-10,13-16H2,1-4H3,(H,27,28,29). The lowest BCUT2D eigenvalue weighted by Crippen LogP contribution is -2.48. The number of nitrogens with one attached hydrogen (secondary N) is 1. The molecule has 1 saturated heterocycles. The Morgan fingerprint density at radius 1 is 1.17 bits per heavy atom. The van der Waals surface area contributed by atoms with Gasteiger partial charge in [-0.25, -0.2) is 0 Å². The molecule has 0 atom stereocenters. The van der Waals surface area contributed by atoms with Crippen LogP contribution in [0.4, 0.5) is 17.6 Å². The molecule has 3 rings (SSSR count). The minimum atomic E-state index is -0.389. The molecule has 0 saturated carbocycles. The highest BCUT2D eigenvalue weighted by Crippen LogP contribution is 2.24. The van der Waals surface area contributed by atoms with Crippen molar-refractivity contribution in [3.05, 3.63) is 39.9 Å². The summed E-state index contributed by atoms with van der Waals surface area (Å²) in [5.74, 6) is 2.85. The Kier molecular flexibility index (Phi) is 11.3. The van der Waals surface area contributed by atoms with E-state index in [9.17, 15) is 4.79 Å². The van der Waals surface area contributed by atoms with Crippen LogP contribution in [0, 0.1) is 0 Å². The van der Waals surface area contributed by atoms with Gasteiger partial charge in [0.2, 0.25) is 5.95 Å². The average Bonchev–Trinajstić information content (AvgIpc) is 2.87. The zero-order valence-electron chi connectivity index (χ0n) is 21.2.